The van der Waals surface area contributed by atoms with Gasteiger partial charge in [-0.2, -0.15) is 4.31 Å². The molecule has 20 heavy (non-hydrogen) atoms. The SMILES string of the molecule is Cc1nc(CN(C)S(=O)(=O)c2cc(N)ccc2F)cs1. The minimum absolute atomic E-state index is 0.0842. The number of hydrogen-bond acceptors (Lipinski definition) is 5. The van der Waals surface area contributed by atoms with E-state index >= 15 is 0 Å². The number of nitrogens with zero attached hydrogens (tertiary/aromatic N) is 2. The van der Waals surface area contributed by atoms with Crippen molar-refractivity contribution in [2.45, 2.75) is 18.4 Å². The minimum Gasteiger partial charge on any atom is -0.399 e. The topological polar surface area (TPSA) is 76.3 Å². The van der Waals surface area contributed by atoms with Crippen LogP contribution in [-0.2, 0) is 16.6 Å². The molecule has 1 aromatic carbocycles. The Balaban J connectivity index is 2.32. The van der Waals surface area contributed by atoms with E-state index in [1.807, 2.05) is 6.92 Å². The van der Waals surface area contributed by atoms with E-state index < -0.39 is 20.7 Å². The van der Waals surface area contributed by atoms with Gasteiger partial charge in [0.2, 0.25) is 10.0 Å². The lowest BCUT2D eigenvalue weighted by molar-refractivity contribution is 0.456. The number of sulfonamides is 1. The zero-order valence-electron chi connectivity index (χ0n) is 11.0. The number of nitrogens with two attached hydrogens (primary N) is 1. The minimum atomic E-state index is -3.94. The maximum atomic E-state index is 13.7. The Morgan fingerprint density at radius 1 is 1.45 bits per heavy atom. The number of thiazole rings is 1. The van der Waals surface area contributed by atoms with E-state index in [0.717, 1.165) is 21.4 Å². The Morgan fingerprint density at radius 3 is 2.75 bits per heavy atom. The summed E-state index contributed by atoms with van der Waals surface area (Å²) >= 11 is 1.43. The van der Waals surface area contributed by atoms with Gasteiger partial charge in [0.1, 0.15) is 10.7 Å². The van der Waals surface area contributed by atoms with Gasteiger partial charge in [0, 0.05) is 18.1 Å². The maximum Gasteiger partial charge on any atom is 0.246 e. The number of anilines is 1. The second-order valence-corrected chi connectivity index (χ2v) is 7.38. The van der Waals surface area contributed by atoms with Crippen molar-refractivity contribution in [3.8, 4) is 0 Å². The molecule has 0 fully saturated rings. The first-order valence-electron chi connectivity index (χ1n) is 5.73. The monoisotopic (exact) mass is 315 g/mol. The molecule has 0 bridgehead atoms. The Labute approximate surface area is 120 Å². The fraction of sp³-hybridized carbons (Fsp3) is 0.250. The zero-order chi connectivity index (χ0) is 14.9. The van der Waals surface area contributed by atoms with Gasteiger partial charge in [-0.1, -0.05) is 0 Å². The van der Waals surface area contributed by atoms with Crippen molar-refractivity contribution in [3.63, 3.8) is 0 Å². The van der Waals surface area contributed by atoms with E-state index in [0.29, 0.717) is 5.69 Å². The molecule has 2 N–H and O–H groups in total. The quantitative estimate of drug-likeness (QED) is 0.876. The fourth-order valence-corrected chi connectivity index (χ4v) is 3.52. The van der Waals surface area contributed by atoms with Crippen molar-refractivity contribution < 1.29 is 12.8 Å². The predicted octanol–water partition coefficient (Wildman–Crippen LogP) is 1.99. The van der Waals surface area contributed by atoms with Crippen molar-refractivity contribution in [3.05, 3.63) is 40.1 Å². The highest BCUT2D eigenvalue weighted by atomic mass is 32.2. The fourth-order valence-electron chi connectivity index (χ4n) is 1.68. The van der Waals surface area contributed by atoms with Gasteiger partial charge >= 0.3 is 0 Å². The second kappa shape index (κ2) is 5.47. The van der Waals surface area contributed by atoms with Crippen LogP contribution in [0.3, 0.4) is 0 Å². The first-order valence-corrected chi connectivity index (χ1v) is 8.05. The molecule has 0 amide bonds. The Kier molecular flexibility index (Phi) is 4.07. The molecule has 0 spiro atoms. The smallest absolute Gasteiger partial charge is 0.246 e. The Bertz CT molecular complexity index is 728. The summed E-state index contributed by atoms with van der Waals surface area (Å²) in [5.74, 6) is -0.819. The summed E-state index contributed by atoms with van der Waals surface area (Å²) in [5.41, 5.74) is 6.34. The van der Waals surface area contributed by atoms with Gasteiger partial charge in [-0.25, -0.2) is 17.8 Å². The maximum absolute atomic E-state index is 13.7. The number of aromatic nitrogens is 1. The van der Waals surface area contributed by atoms with Gasteiger partial charge in [-0.05, 0) is 25.1 Å². The average Bonchev–Trinajstić information content (AvgIpc) is 2.77. The summed E-state index contributed by atoms with van der Waals surface area (Å²) in [7, 11) is -2.56. The normalized spacial score (nSPS) is 12.0. The van der Waals surface area contributed by atoms with Gasteiger partial charge in [-0.3, -0.25) is 0 Å². The summed E-state index contributed by atoms with van der Waals surface area (Å²) in [6, 6.07) is 3.48. The number of aryl methyl sites for hydroxylation is 1. The van der Waals surface area contributed by atoms with E-state index in [1.165, 1.54) is 24.5 Å². The van der Waals surface area contributed by atoms with Crippen LogP contribution in [0.15, 0.2) is 28.5 Å². The molecule has 0 saturated heterocycles. The summed E-state index contributed by atoms with van der Waals surface area (Å²) in [6.45, 7) is 1.92. The van der Waals surface area contributed by atoms with Crippen LogP contribution >= 0.6 is 11.3 Å². The van der Waals surface area contributed by atoms with Crippen LogP contribution in [0.25, 0.3) is 0 Å². The van der Waals surface area contributed by atoms with Gasteiger partial charge < -0.3 is 5.73 Å². The molecule has 0 unspecified atom stereocenters. The van der Waals surface area contributed by atoms with Crippen LogP contribution in [0.4, 0.5) is 10.1 Å². The Morgan fingerprint density at radius 2 is 2.15 bits per heavy atom. The molecule has 2 rings (SSSR count). The van der Waals surface area contributed by atoms with Gasteiger partial charge in [0.15, 0.2) is 0 Å². The molecule has 0 aliphatic carbocycles. The van der Waals surface area contributed by atoms with Crippen LogP contribution in [0.2, 0.25) is 0 Å². The van der Waals surface area contributed by atoms with E-state index in [-0.39, 0.29) is 12.2 Å². The molecule has 0 atom stereocenters. The highest BCUT2D eigenvalue weighted by Crippen LogP contribution is 2.22. The van der Waals surface area contributed by atoms with Crippen LogP contribution < -0.4 is 5.73 Å². The summed E-state index contributed by atoms with van der Waals surface area (Å²) in [5, 5.41) is 2.62. The first-order chi connectivity index (χ1) is 9.30. The molecule has 5 nitrogen and oxygen atoms in total. The third-order valence-electron chi connectivity index (χ3n) is 2.69. The predicted molar refractivity (Wildman–Crippen MR) is 76.3 cm³/mol. The lowest BCUT2D eigenvalue weighted by Gasteiger charge is -2.16. The van der Waals surface area contributed by atoms with Crippen LogP contribution in [0, 0.1) is 12.7 Å². The van der Waals surface area contributed by atoms with E-state index in [2.05, 4.69) is 4.98 Å². The van der Waals surface area contributed by atoms with E-state index in [9.17, 15) is 12.8 Å². The van der Waals surface area contributed by atoms with Crippen LogP contribution in [0.1, 0.15) is 10.7 Å². The largest absolute Gasteiger partial charge is 0.399 e. The molecule has 1 aromatic heterocycles. The third-order valence-corrected chi connectivity index (χ3v) is 5.34. The molecule has 0 radical (unpaired) electrons. The lowest BCUT2D eigenvalue weighted by Crippen LogP contribution is -2.27. The second-order valence-electron chi connectivity index (χ2n) is 4.31. The number of benzene rings is 1. The Hall–Kier alpha value is -1.51. The van der Waals surface area contributed by atoms with Crippen LogP contribution in [0.5, 0.6) is 0 Å². The van der Waals surface area contributed by atoms with Crippen LogP contribution in [-0.4, -0.2) is 24.8 Å². The molecular formula is C12H14FN3O2S2. The highest BCUT2D eigenvalue weighted by Gasteiger charge is 2.25. The number of halogens is 1. The van der Waals surface area contributed by atoms with Crippen molar-refractivity contribution in [1.82, 2.24) is 9.29 Å². The third kappa shape index (κ3) is 2.97. The molecule has 1 heterocycles. The van der Waals surface area contributed by atoms with Crippen molar-refractivity contribution in [2.24, 2.45) is 0 Å². The number of nitrogen functional groups attached to an aromatic ring is 1. The van der Waals surface area contributed by atoms with Crippen molar-refractivity contribution in [1.29, 1.82) is 0 Å². The average molecular weight is 315 g/mol. The van der Waals surface area contributed by atoms with Gasteiger partial charge in [0.05, 0.1) is 17.2 Å². The molecule has 0 saturated carbocycles. The molecular weight excluding hydrogens is 301 g/mol. The molecule has 108 valence electrons. The standard InChI is InChI=1S/C12H14FN3O2S2/c1-8-15-10(7-19-8)6-16(2)20(17,18)12-5-9(14)3-4-11(12)13/h3-5,7H,6,14H2,1-2H3. The molecule has 0 aliphatic rings. The number of rotatable bonds is 4. The molecule has 8 heteroatoms. The number of hydrogen-bond donors (Lipinski definition) is 1. The first kappa shape index (κ1) is 14.9. The van der Waals surface area contributed by atoms with Crippen molar-refractivity contribution in [2.75, 3.05) is 12.8 Å². The summed E-state index contributed by atoms with van der Waals surface area (Å²) in [6.07, 6.45) is 0. The van der Waals surface area contributed by atoms with Gasteiger partial charge in [0.25, 0.3) is 0 Å². The zero-order valence-corrected chi connectivity index (χ0v) is 12.6. The molecule has 0 aliphatic heterocycles. The summed E-state index contributed by atoms with van der Waals surface area (Å²) < 4.78 is 39.4. The van der Waals surface area contributed by atoms with Crippen molar-refractivity contribution >= 4 is 27.0 Å². The molecule has 2 aromatic rings. The van der Waals surface area contributed by atoms with Gasteiger partial charge in [-0.15, -0.1) is 11.3 Å². The highest BCUT2D eigenvalue weighted by molar-refractivity contribution is 7.89. The van der Waals surface area contributed by atoms with E-state index in [4.69, 9.17) is 5.73 Å². The van der Waals surface area contributed by atoms with E-state index in [1.54, 1.807) is 5.38 Å². The summed E-state index contributed by atoms with van der Waals surface area (Å²) in [4.78, 5) is 3.77. The lowest BCUT2D eigenvalue weighted by atomic mass is 10.3.